The van der Waals surface area contributed by atoms with Gasteiger partial charge in [0.1, 0.15) is 0 Å². The van der Waals surface area contributed by atoms with Gasteiger partial charge in [-0.1, -0.05) is 121 Å². The monoisotopic (exact) mass is 686 g/mol. The minimum absolute atomic E-state index is 0.199. The highest BCUT2D eigenvalue weighted by Crippen LogP contribution is 2.42. The fourth-order valence-corrected chi connectivity index (χ4v) is 9.52. The van der Waals surface area contributed by atoms with Gasteiger partial charge in [-0.2, -0.15) is 0 Å². The second-order valence-electron chi connectivity index (χ2n) is 14.1. The summed E-state index contributed by atoms with van der Waals surface area (Å²) in [5.74, 6) is 0.297. The van der Waals surface area contributed by atoms with Crippen molar-refractivity contribution in [2.45, 2.75) is 31.7 Å². The van der Waals surface area contributed by atoms with Gasteiger partial charge in [0.2, 0.25) is 0 Å². The van der Waals surface area contributed by atoms with E-state index in [1.807, 2.05) is 11.3 Å². The van der Waals surface area contributed by atoms with Crippen LogP contribution in [0.1, 0.15) is 35.2 Å². The fraction of sp³-hybridized carbons (Fsp3) is 0.102. The first-order chi connectivity index (χ1) is 25.7. The largest absolute Gasteiger partial charge is 0.335 e. The molecule has 3 heterocycles. The summed E-state index contributed by atoms with van der Waals surface area (Å²) in [4.78, 5) is 2.49. The van der Waals surface area contributed by atoms with Crippen LogP contribution in [-0.2, 0) is 12.8 Å². The molecule has 0 radical (unpaired) electrons. The topological polar surface area (TPSA) is 8.17 Å². The Bertz CT molecular complexity index is 2700. The molecule has 0 saturated heterocycles. The second kappa shape index (κ2) is 12.7. The maximum absolute atomic E-state index is 2.49. The predicted molar refractivity (Wildman–Crippen MR) is 224 cm³/mol. The van der Waals surface area contributed by atoms with Crippen LogP contribution in [0.15, 0.2) is 170 Å². The Hall–Kier alpha value is -5.90. The first kappa shape index (κ1) is 30.9. The van der Waals surface area contributed by atoms with Crippen molar-refractivity contribution in [3.8, 4) is 16.8 Å². The molecule has 2 unspecified atom stereocenters. The summed E-state index contributed by atoms with van der Waals surface area (Å²) in [7, 11) is 0. The summed E-state index contributed by atoms with van der Waals surface area (Å²) in [5.41, 5.74) is 12.9. The van der Waals surface area contributed by atoms with Crippen molar-refractivity contribution in [3.05, 3.63) is 192 Å². The molecule has 2 aliphatic rings. The van der Waals surface area contributed by atoms with E-state index in [0.29, 0.717) is 5.92 Å². The third-order valence-corrected chi connectivity index (χ3v) is 12.1. The molecule has 0 saturated carbocycles. The highest BCUT2D eigenvalue weighted by atomic mass is 32.1. The first-order valence-electron chi connectivity index (χ1n) is 18.3. The lowest BCUT2D eigenvalue weighted by atomic mass is 9.85. The van der Waals surface area contributed by atoms with Crippen molar-refractivity contribution >= 4 is 59.9 Å². The van der Waals surface area contributed by atoms with Crippen LogP contribution >= 0.6 is 11.3 Å². The van der Waals surface area contributed by atoms with Crippen molar-refractivity contribution in [2.24, 2.45) is 0 Å². The number of fused-ring (bicyclic) bond motifs is 7. The van der Waals surface area contributed by atoms with Crippen molar-refractivity contribution < 1.29 is 0 Å². The lowest BCUT2D eigenvalue weighted by Crippen LogP contribution is -2.27. The zero-order chi connectivity index (χ0) is 34.6. The fourth-order valence-electron chi connectivity index (χ4n) is 8.43. The van der Waals surface area contributed by atoms with Crippen LogP contribution in [0, 0.1) is 0 Å². The molecule has 6 aromatic carbocycles. The summed E-state index contributed by atoms with van der Waals surface area (Å²) in [6.45, 7) is 2.29. The summed E-state index contributed by atoms with van der Waals surface area (Å²) in [5, 5.41) is 4.01. The molecule has 2 aromatic heterocycles. The van der Waals surface area contributed by atoms with Gasteiger partial charge < -0.3 is 9.47 Å². The SMILES string of the molecule is CC1/C=C\C=C/Cc2cc(C3C=Cc4c(c5ccccc5n4-c4ccc5sc6ccccc6c5c4)C3)ccc2N1c1ccc(-c2ccccc2)cc1. The zero-order valence-corrected chi connectivity index (χ0v) is 29.9. The summed E-state index contributed by atoms with van der Waals surface area (Å²) >= 11 is 1.88. The van der Waals surface area contributed by atoms with Crippen LogP contribution in [0.25, 0.3) is 54.0 Å². The Morgan fingerprint density at radius 2 is 1.37 bits per heavy atom. The summed E-state index contributed by atoms with van der Waals surface area (Å²) < 4.78 is 5.16. The maximum atomic E-state index is 2.49. The van der Waals surface area contributed by atoms with Crippen LogP contribution in [0.3, 0.4) is 0 Å². The van der Waals surface area contributed by atoms with Gasteiger partial charge in [0.25, 0.3) is 0 Å². The number of para-hydroxylation sites is 1. The molecule has 3 heteroatoms. The van der Waals surface area contributed by atoms with Crippen LogP contribution in [0.4, 0.5) is 11.4 Å². The molecule has 0 spiro atoms. The minimum atomic E-state index is 0.199. The van der Waals surface area contributed by atoms with Gasteiger partial charge in [-0.25, -0.2) is 0 Å². The normalized spacial score (nSPS) is 18.1. The van der Waals surface area contributed by atoms with E-state index >= 15 is 0 Å². The Balaban J connectivity index is 1.02. The van der Waals surface area contributed by atoms with E-state index in [1.165, 1.54) is 81.6 Å². The number of benzene rings is 6. The van der Waals surface area contributed by atoms with Gasteiger partial charge in [0.05, 0.1) is 5.52 Å². The quantitative estimate of drug-likeness (QED) is 0.179. The standard InChI is InChI=1S/C49H38N2S/c1-33-12-4-2-7-15-38-30-36(22-27-45(38)50(33)39-24-20-35(21-25-39)34-13-5-3-6-14-34)37-23-28-47-43(31-37)41-16-8-10-18-46(41)51(47)40-26-29-49-44(32-40)42-17-9-11-19-48(42)52-49/h2-14,16-30,32-33,37H,15,31H2,1H3/b7-2-,12-4-. The number of nitrogens with zero attached hydrogens (tertiary/aromatic N) is 2. The van der Waals surface area contributed by atoms with Crippen molar-refractivity contribution in [2.75, 3.05) is 4.90 Å². The van der Waals surface area contributed by atoms with E-state index in [-0.39, 0.29) is 6.04 Å². The Kier molecular flexibility index (Phi) is 7.54. The average Bonchev–Trinajstić information content (AvgIpc) is 3.75. The van der Waals surface area contributed by atoms with Crippen molar-refractivity contribution in [1.82, 2.24) is 4.57 Å². The average molecular weight is 687 g/mol. The molecular formula is C49H38N2S. The number of aromatic nitrogens is 1. The Morgan fingerprint density at radius 1 is 0.615 bits per heavy atom. The molecule has 0 amide bonds. The molecule has 0 fully saturated rings. The van der Waals surface area contributed by atoms with E-state index in [1.54, 1.807) is 0 Å². The maximum Gasteiger partial charge on any atom is 0.0537 e. The van der Waals surface area contributed by atoms with Gasteiger partial charge in [-0.05, 0) is 102 Å². The van der Waals surface area contributed by atoms with Crippen LogP contribution < -0.4 is 4.90 Å². The first-order valence-corrected chi connectivity index (χ1v) is 19.1. The Morgan fingerprint density at radius 3 is 2.25 bits per heavy atom. The molecule has 8 aromatic rings. The molecule has 1 aliphatic heterocycles. The number of allylic oxidation sites excluding steroid dienone is 4. The zero-order valence-electron chi connectivity index (χ0n) is 29.1. The number of hydrogen-bond donors (Lipinski definition) is 0. The lowest BCUT2D eigenvalue weighted by molar-refractivity contribution is 0.819. The summed E-state index contributed by atoms with van der Waals surface area (Å²) in [6.07, 6.45) is 15.7. The number of thiophene rings is 1. The third-order valence-electron chi connectivity index (χ3n) is 11.0. The van der Waals surface area contributed by atoms with E-state index in [0.717, 1.165) is 12.8 Å². The molecule has 10 rings (SSSR count). The van der Waals surface area contributed by atoms with Gasteiger partial charge in [0.15, 0.2) is 0 Å². The van der Waals surface area contributed by atoms with Crippen molar-refractivity contribution in [1.29, 1.82) is 0 Å². The minimum Gasteiger partial charge on any atom is -0.335 e. The van der Waals surface area contributed by atoms with E-state index < -0.39 is 0 Å². The lowest BCUT2D eigenvalue weighted by Gasteiger charge is -2.32. The molecular weight excluding hydrogens is 649 g/mol. The van der Waals surface area contributed by atoms with Gasteiger partial charge in [-0.15, -0.1) is 11.3 Å². The molecule has 52 heavy (non-hydrogen) atoms. The van der Waals surface area contributed by atoms with E-state index in [4.69, 9.17) is 0 Å². The highest BCUT2D eigenvalue weighted by Gasteiger charge is 2.26. The number of anilines is 2. The molecule has 2 nitrogen and oxygen atoms in total. The molecule has 1 aliphatic carbocycles. The van der Waals surface area contributed by atoms with Gasteiger partial charge in [0, 0.05) is 60.3 Å². The van der Waals surface area contributed by atoms with Crippen LogP contribution in [0.2, 0.25) is 0 Å². The smallest absolute Gasteiger partial charge is 0.0537 e. The van der Waals surface area contributed by atoms with Crippen LogP contribution in [0.5, 0.6) is 0 Å². The van der Waals surface area contributed by atoms with Crippen molar-refractivity contribution in [3.63, 3.8) is 0 Å². The second-order valence-corrected chi connectivity index (χ2v) is 15.2. The summed E-state index contributed by atoms with van der Waals surface area (Å²) in [6, 6.07) is 51.8. The van der Waals surface area contributed by atoms with E-state index in [2.05, 4.69) is 192 Å². The number of hydrogen-bond acceptors (Lipinski definition) is 2. The third kappa shape index (κ3) is 5.23. The predicted octanol–water partition coefficient (Wildman–Crippen LogP) is 13.2. The molecule has 250 valence electrons. The van der Waals surface area contributed by atoms with Crippen LogP contribution in [-0.4, -0.2) is 10.6 Å². The van der Waals surface area contributed by atoms with Gasteiger partial charge in [-0.3, -0.25) is 0 Å². The van der Waals surface area contributed by atoms with Gasteiger partial charge >= 0.3 is 0 Å². The number of rotatable bonds is 4. The van der Waals surface area contributed by atoms with E-state index in [9.17, 15) is 0 Å². The Labute approximate surface area is 308 Å². The molecule has 0 N–H and O–H groups in total. The molecule has 2 atom stereocenters. The molecule has 0 bridgehead atoms. The highest BCUT2D eigenvalue weighted by molar-refractivity contribution is 7.25.